The fourth-order valence-corrected chi connectivity index (χ4v) is 12.6. The van der Waals surface area contributed by atoms with E-state index in [1.165, 1.54) is 107 Å². The summed E-state index contributed by atoms with van der Waals surface area (Å²) >= 11 is 0. The quantitative estimate of drug-likeness (QED) is 0.0487. The zero-order valence-electron chi connectivity index (χ0n) is 33.6. The number of benzene rings is 6. The van der Waals surface area contributed by atoms with Gasteiger partial charge in [0.1, 0.15) is 0 Å². The molecule has 0 fully saturated rings. The molecule has 0 radical (unpaired) electrons. The SMILES string of the molecule is CCCCCCc1ccc([Si](Cn2ccnc2)(c2ccccc2)c2ccc(CCCCCC)cc2)cc1.c1ccc(B(c2ccccc2)c2ccccc2)cc1. The average Bonchev–Trinajstić information content (AvgIpc) is 3.79. The Morgan fingerprint density at radius 2 is 0.839 bits per heavy atom. The van der Waals surface area contributed by atoms with E-state index in [2.05, 4.69) is 199 Å². The first kappa shape index (κ1) is 40.5. The summed E-state index contributed by atoms with van der Waals surface area (Å²) in [6.45, 7) is 4.87. The Labute approximate surface area is 338 Å². The van der Waals surface area contributed by atoms with Crippen LogP contribution in [0.3, 0.4) is 0 Å². The zero-order chi connectivity index (χ0) is 38.7. The number of aryl methyl sites for hydroxylation is 2. The lowest BCUT2D eigenvalue weighted by Crippen LogP contribution is -2.69. The average molecular weight is 751 g/mol. The molecule has 1 heterocycles. The highest BCUT2D eigenvalue weighted by Gasteiger charge is 2.40. The largest absolute Gasteiger partial charge is 0.339 e. The summed E-state index contributed by atoms with van der Waals surface area (Å²) in [4.78, 5) is 4.40. The van der Waals surface area contributed by atoms with Gasteiger partial charge < -0.3 is 4.57 Å². The molecule has 0 amide bonds. The predicted molar refractivity (Wildman–Crippen MR) is 246 cm³/mol. The standard InChI is InChI=1S/C34H44N2Si.C18H15B/c1-3-5-7-10-14-30-18-22-33(23-19-30)37(29-36-27-26-35-28-36,32-16-12-9-13-17-32)34-24-20-31(21-25-34)15-11-8-6-4-2;1-4-10-16(11-5-1)19(17-12-6-2-7-13-17)18-14-8-3-9-15-18/h9,12-13,16-28H,3-8,10-11,14-15,29H2,1-2H3;1-15H. The van der Waals surface area contributed by atoms with E-state index in [0.717, 1.165) is 6.17 Å². The molecule has 0 N–H and O–H groups in total. The second kappa shape index (κ2) is 21.8. The van der Waals surface area contributed by atoms with E-state index < -0.39 is 8.07 Å². The first-order valence-corrected chi connectivity index (χ1v) is 23.3. The fraction of sp³-hybridized carbons (Fsp3) is 0.250. The van der Waals surface area contributed by atoms with E-state index in [1.807, 2.05) is 12.5 Å². The Bertz CT molecular complexity index is 1920. The summed E-state index contributed by atoms with van der Waals surface area (Å²) in [5.41, 5.74) is 6.92. The first-order valence-electron chi connectivity index (χ1n) is 21.1. The van der Waals surface area contributed by atoms with Crippen LogP contribution in [0.25, 0.3) is 0 Å². The lowest BCUT2D eigenvalue weighted by Gasteiger charge is -2.34. The van der Waals surface area contributed by atoms with Gasteiger partial charge in [-0.05, 0) is 52.4 Å². The van der Waals surface area contributed by atoms with Crippen LogP contribution in [0.15, 0.2) is 189 Å². The van der Waals surface area contributed by atoms with E-state index in [9.17, 15) is 0 Å². The Balaban J connectivity index is 0.000000233. The third kappa shape index (κ3) is 11.0. The monoisotopic (exact) mass is 750 g/mol. The maximum absolute atomic E-state index is 4.40. The second-order valence-corrected chi connectivity index (χ2v) is 19.0. The molecule has 0 saturated carbocycles. The molecule has 7 rings (SSSR count). The Hall–Kier alpha value is -5.19. The molecule has 1 aromatic heterocycles. The molecular formula is C52H59BN2Si. The van der Waals surface area contributed by atoms with E-state index >= 15 is 0 Å². The van der Waals surface area contributed by atoms with Gasteiger partial charge in [-0.25, -0.2) is 4.98 Å². The minimum absolute atomic E-state index is 0.309. The lowest BCUT2D eigenvalue weighted by atomic mass is 9.37. The van der Waals surface area contributed by atoms with E-state index in [4.69, 9.17) is 0 Å². The van der Waals surface area contributed by atoms with Gasteiger partial charge in [0.05, 0.1) is 6.33 Å². The van der Waals surface area contributed by atoms with Gasteiger partial charge in [-0.1, -0.05) is 239 Å². The molecule has 284 valence electrons. The normalized spacial score (nSPS) is 11.1. The van der Waals surface area contributed by atoms with Crippen molar-refractivity contribution in [1.29, 1.82) is 0 Å². The van der Waals surface area contributed by atoms with Crippen molar-refractivity contribution in [3.63, 3.8) is 0 Å². The number of rotatable bonds is 18. The van der Waals surface area contributed by atoms with Crippen molar-refractivity contribution < 1.29 is 0 Å². The summed E-state index contributed by atoms with van der Waals surface area (Å²) < 4.78 is 2.29. The van der Waals surface area contributed by atoms with E-state index in [1.54, 1.807) is 0 Å². The van der Waals surface area contributed by atoms with Crippen LogP contribution in [0.4, 0.5) is 0 Å². The van der Waals surface area contributed by atoms with Gasteiger partial charge in [-0.15, -0.1) is 0 Å². The summed E-state index contributed by atoms with van der Waals surface area (Å²) in [6.07, 6.45) is 19.8. The van der Waals surface area contributed by atoms with E-state index in [-0.39, 0.29) is 0 Å². The second-order valence-electron chi connectivity index (χ2n) is 15.2. The van der Waals surface area contributed by atoms with E-state index in [0.29, 0.717) is 6.71 Å². The third-order valence-corrected chi connectivity index (χ3v) is 16.0. The number of imidazole rings is 1. The number of nitrogens with zero attached hydrogens (tertiary/aromatic N) is 2. The zero-order valence-corrected chi connectivity index (χ0v) is 34.6. The van der Waals surface area contributed by atoms with Crippen LogP contribution in [0.1, 0.15) is 76.3 Å². The molecule has 7 aromatic rings. The van der Waals surface area contributed by atoms with Gasteiger partial charge in [0.2, 0.25) is 6.71 Å². The van der Waals surface area contributed by atoms with Crippen molar-refractivity contribution in [3.05, 3.63) is 200 Å². The molecule has 0 spiro atoms. The highest BCUT2D eigenvalue weighted by Crippen LogP contribution is 2.15. The van der Waals surface area contributed by atoms with Crippen molar-refractivity contribution in [3.8, 4) is 0 Å². The van der Waals surface area contributed by atoms with Gasteiger partial charge in [-0.3, -0.25) is 0 Å². The molecule has 0 aliphatic heterocycles. The highest BCUT2D eigenvalue weighted by molar-refractivity contribution is 7.10. The van der Waals surface area contributed by atoms with Crippen LogP contribution in [0.5, 0.6) is 0 Å². The van der Waals surface area contributed by atoms with Crippen LogP contribution >= 0.6 is 0 Å². The molecule has 0 atom stereocenters. The van der Waals surface area contributed by atoms with Crippen LogP contribution in [-0.4, -0.2) is 24.3 Å². The molecule has 0 bridgehead atoms. The van der Waals surface area contributed by atoms with Crippen molar-refractivity contribution in [2.75, 3.05) is 0 Å². The van der Waals surface area contributed by atoms with Gasteiger partial charge >= 0.3 is 0 Å². The Morgan fingerprint density at radius 3 is 1.21 bits per heavy atom. The lowest BCUT2D eigenvalue weighted by molar-refractivity contribution is 0.667. The maximum atomic E-state index is 4.40. The van der Waals surface area contributed by atoms with Crippen LogP contribution < -0.4 is 31.9 Å². The summed E-state index contributed by atoms with van der Waals surface area (Å²) in [7, 11) is -2.34. The fourth-order valence-electron chi connectivity index (χ4n) is 8.09. The topological polar surface area (TPSA) is 17.8 Å². The number of unbranched alkanes of at least 4 members (excludes halogenated alkanes) is 6. The molecule has 0 aliphatic carbocycles. The van der Waals surface area contributed by atoms with Gasteiger partial charge in [0.25, 0.3) is 0 Å². The van der Waals surface area contributed by atoms with Crippen molar-refractivity contribution in [1.82, 2.24) is 9.55 Å². The minimum atomic E-state index is -2.34. The van der Waals surface area contributed by atoms with Crippen molar-refractivity contribution in [2.24, 2.45) is 0 Å². The summed E-state index contributed by atoms with van der Waals surface area (Å²) in [5, 5.41) is 4.40. The molecule has 56 heavy (non-hydrogen) atoms. The van der Waals surface area contributed by atoms with Crippen molar-refractivity contribution in [2.45, 2.75) is 84.2 Å². The highest BCUT2D eigenvalue weighted by atomic mass is 28.3. The molecule has 0 saturated heterocycles. The molecule has 2 nitrogen and oxygen atoms in total. The van der Waals surface area contributed by atoms with Gasteiger partial charge in [0.15, 0.2) is 8.07 Å². The molecular weight excluding hydrogens is 691 g/mol. The maximum Gasteiger partial charge on any atom is 0.241 e. The van der Waals surface area contributed by atoms with Gasteiger partial charge in [-0.2, -0.15) is 0 Å². The minimum Gasteiger partial charge on any atom is -0.339 e. The smallest absolute Gasteiger partial charge is 0.241 e. The molecule has 4 heteroatoms. The Morgan fingerprint density at radius 1 is 0.446 bits per heavy atom. The number of aromatic nitrogens is 2. The third-order valence-electron chi connectivity index (χ3n) is 11.2. The number of hydrogen-bond acceptors (Lipinski definition) is 1. The molecule has 6 aromatic carbocycles. The molecule has 0 unspecified atom stereocenters. The van der Waals surface area contributed by atoms with Crippen LogP contribution in [0, 0.1) is 0 Å². The predicted octanol–water partition coefficient (Wildman–Crippen LogP) is 9.04. The first-order chi connectivity index (χ1) is 27.7. The van der Waals surface area contributed by atoms with Crippen LogP contribution in [0.2, 0.25) is 0 Å². The number of hydrogen-bond donors (Lipinski definition) is 0. The summed E-state index contributed by atoms with van der Waals surface area (Å²) in [5.74, 6) is 0. The van der Waals surface area contributed by atoms with Crippen molar-refractivity contribution >= 4 is 46.7 Å². The Kier molecular flexibility index (Phi) is 15.7. The van der Waals surface area contributed by atoms with Gasteiger partial charge in [0, 0.05) is 18.6 Å². The van der Waals surface area contributed by atoms with Crippen LogP contribution in [-0.2, 0) is 19.0 Å². The summed E-state index contributed by atoms with van der Waals surface area (Å²) in [6, 6.07) is 62.6. The molecule has 0 aliphatic rings.